The fourth-order valence-electron chi connectivity index (χ4n) is 0.816. The second-order valence-electron chi connectivity index (χ2n) is 2.22. The van der Waals surface area contributed by atoms with Crippen molar-refractivity contribution in [1.82, 2.24) is 0 Å². The Hall–Kier alpha value is -1.40. The summed E-state index contributed by atoms with van der Waals surface area (Å²) in [6, 6.07) is 3.80. The van der Waals surface area contributed by atoms with E-state index in [2.05, 4.69) is 0 Å². The van der Waals surface area contributed by atoms with Gasteiger partial charge in [0.05, 0.1) is 11.1 Å². The largest absolute Gasteiger partial charge is 0.206 e. The molecule has 1 nitrogen and oxygen atoms in total. The highest BCUT2D eigenvalue weighted by molar-refractivity contribution is 6.30. The van der Waals surface area contributed by atoms with E-state index in [1.54, 1.807) is 6.07 Å². The number of rotatable bonds is 1. The van der Waals surface area contributed by atoms with Crippen LogP contribution in [0.5, 0.6) is 0 Å². The van der Waals surface area contributed by atoms with Crippen LogP contribution in [0.2, 0.25) is 5.02 Å². The molecule has 0 radical (unpaired) electrons. The van der Waals surface area contributed by atoms with Crippen molar-refractivity contribution < 1.29 is 8.78 Å². The van der Waals surface area contributed by atoms with Crippen LogP contribution in [0.15, 0.2) is 18.2 Å². The SMILES string of the molecule is N#CC=Cc1c(F)ccc(Cl)c1F. The molecule has 0 aliphatic heterocycles. The molecule has 0 aromatic heterocycles. The molecule has 0 fully saturated rings. The van der Waals surface area contributed by atoms with Crippen molar-refractivity contribution in [2.24, 2.45) is 0 Å². The Kier molecular flexibility index (Phi) is 2.99. The zero-order valence-electron chi connectivity index (χ0n) is 6.39. The summed E-state index contributed by atoms with van der Waals surface area (Å²) in [6.07, 6.45) is 2.02. The molecule has 1 rings (SSSR count). The van der Waals surface area contributed by atoms with Crippen LogP contribution < -0.4 is 0 Å². The first-order valence-electron chi connectivity index (χ1n) is 3.36. The van der Waals surface area contributed by atoms with E-state index in [0.717, 1.165) is 24.3 Å². The lowest BCUT2D eigenvalue weighted by atomic mass is 10.2. The van der Waals surface area contributed by atoms with Crippen LogP contribution in [0.1, 0.15) is 5.56 Å². The van der Waals surface area contributed by atoms with Crippen molar-refractivity contribution in [2.45, 2.75) is 0 Å². The number of halogens is 3. The summed E-state index contributed by atoms with van der Waals surface area (Å²) in [6.45, 7) is 0. The van der Waals surface area contributed by atoms with Gasteiger partial charge in [0.15, 0.2) is 5.82 Å². The van der Waals surface area contributed by atoms with Gasteiger partial charge in [0.25, 0.3) is 0 Å². The summed E-state index contributed by atoms with van der Waals surface area (Å²) in [5.41, 5.74) is -0.297. The number of benzene rings is 1. The standard InChI is InChI=1S/C9H4ClF2N/c10-7-3-4-8(11)6(9(7)12)2-1-5-13/h1-4H. The van der Waals surface area contributed by atoms with Crippen molar-refractivity contribution in [3.8, 4) is 6.07 Å². The maximum Gasteiger partial charge on any atom is 0.151 e. The third kappa shape index (κ3) is 2.04. The highest BCUT2D eigenvalue weighted by atomic mass is 35.5. The summed E-state index contributed by atoms with van der Waals surface area (Å²) in [7, 11) is 0. The van der Waals surface area contributed by atoms with Crippen LogP contribution >= 0.6 is 11.6 Å². The van der Waals surface area contributed by atoms with E-state index in [9.17, 15) is 8.78 Å². The monoisotopic (exact) mass is 199 g/mol. The van der Waals surface area contributed by atoms with Crippen molar-refractivity contribution in [1.29, 1.82) is 5.26 Å². The van der Waals surface area contributed by atoms with E-state index in [1.807, 2.05) is 0 Å². The molecule has 0 aliphatic rings. The Morgan fingerprint density at radius 3 is 2.69 bits per heavy atom. The molecule has 0 heterocycles. The Morgan fingerprint density at radius 1 is 1.38 bits per heavy atom. The third-order valence-electron chi connectivity index (χ3n) is 1.40. The van der Waals surface area contributed by atoms with Gasteiger partial charge in [-0.05, 0) is 18.2 Å². The summed E-state index contributed by atoms with van der Waals surface area (Å²) in [5.74, 6) is -1.60. The Labute approximate surface area is 78.9 Å². The highest BCUT2D eigenvalue weighted by Gasteiger charge is 2.08. The maximum atomic E-state index is 13.1. The van der Waals surface area contributed by atoms with Gasteiger partial charge in [0.2, 0.25) is 0 Å². The minimum absolute atomic E-state index is 0.168. The first-order chi connectivity index (χ1) is 6.16. The number of nitriles is 1. The average molecular weight is 200 g/mol. The predicted molar refractivity (Wildman–Crippen MR) is 46.0 cm³/mol. The molecular weight excluding hydrogens is 196 g/mol. The van der Waals surface area contributed by atoms with Crippen molar-refractivity contribution in [3.05, 3.63) is 40.4 Å². The molecule has 0 atom stereocenters. The maximum absolute atomic E-state index is 13.1. The highest BCUT2D eigenvalue weighted by Crippen LogP contribution is 2.21. The van der Waals surface area contributed by atoms with Crippen LogP contribution in [0.4, 0.5) is 8.78 Å². The number of hydrogen-bond donors (Lipinski definition) is 0. The summed E-state index contributed by atoms with van der Waals surface area (Å²) >= 11 is 5.41. The van der Waals surface area contributed by atoms with Gasteiger partial charge in [-0.3, -0.25) is 0 Å². The predicted octanol–water partition coefficient (Wildman–Crippen LogP) is 3.15. The van der Waals surface area contributed by atoms with Crippen LogP contribution in [0.25, 0.3) is 6.08 Å². The molecule has 4 heteroatoms. The molecule has 0 unspecified atom stereocenters. The summed E-state index contributed by atoms with van der Waals surface area (Å²) in [5, 5.41) is 8.00. The van der Waals surface area contributed by atoms with E-state index < -0.39 is 11.6 Å². The topological polar surface area (TPSA) is 23.8 Å². The van der Waals surface area contributed by atoms with E-state index >= 15 is 0 Å². The van der Waals surface area contributed by atoms with Gasteiger partial charge in [0, 0.05) is 11.6 Å². The minimum atomic E-state index is -0.854. The fourth-order valence-corrected chi connectivity index (χ4v) is 0.981. The summed E-state index contributed by atoms with van der Waals surface area (Å²) in [4.78, 5) is 0. The zero-order valence-corrected chi connectivity index (χ0v) is 7.15. The Morgan fingerprint density at radius 2 is 2.08 bits per heavy atom. The van der Waals surface area contributed by atoms with Crippen LogP contribution in [-0.4, -0.2) is 0 Å². The van der Waals surface area contributed by atoms with Crippen LogP contribution in [-0.2, 0) is 0 Å². The van der Waals surface area contributed by atoms with Crippen molar-refractivity contribution >= 4 is 17.7 Å². The smallest absolute Gasteiger partial charge is 0.151 e. The number of hydrogen-bond acceptors (Lipinski definition) is 1. The van der Waals surface area contributed by atoms with E-state index in [1.165, 1.54) is 0 Å². The lowest BCUT2D eigenvalue weighted by Gasteiger charge is -1.99. The molecule has 0 saturated heterocycles. The average Bonchev–Trinajstić information content (AvgIpc) is 2.12. The Bertz CT molecular complexity index is 393. The first-order valence-corrected chi connectivity index (χ1v) is 3.74. The number of nitrogens with zero attached hydrogens (tertiary/aromatic N) is 1. The van der Waals surface area contributed by atoms with E-state index in [-0.39, 0.29) is 10.6 Å². The summed E-state index contributed by atoms with van der Waals surface area (Å²) < 4.78 is 25.9. The zero-order chi connectivity index (χ0) is 9.84. The molecule has 0 N–H and O–H groups in total. The quantitative estimate of drug-likeness (QED) is 0.504. The molecular formula is C9H4ClF2N. The van der Waals surface area contributed by atoms with Gasteiger partial charge in [-0.2, -0.15) is 5.26 Å². The number of allylic oxidation sites excluding steroid dienone is 1. The molecule has 0 saturated carbocycles. The second kappa shape index (κ2) is 4.01. The van der Waals surface area contributed by atoms with Gasteiger partial charge in [-0.15, -0.1) is 0 Å². The fraction of sp³-hybridized carbons (Fsp3) is 0. The lowest BCUT2D eigenvalue weighted by Crippen LogP contribution is -1.88. The van der Waals surface area contributed by atoms with Crippen molar-refractivity contribution in [3.63, 3.8) is 0 Å². The van der Waals surface area contributed by atoms with Gasteiger partial charge in [-0.25, -0.2) is 8.78 Å². The van der Waals surface area contributed by atoms with Gasteiger partial charge >= 0.3 is 0 Å². The van der Waals surface area contributed by atoms with Gasteiger partial charge in [0.1, 0.15) is 5.82 Å². The van der Waals surface area contributed by atoms with Crippen LogP contribution in [0.3, 0.4) is 0 Å². The Balaban J connectivity index is 3.27. The lowest BCUT2D eigenvalue weighted by molar-refractivity contribution is 0.579. The normalized spacial score (nSPS) is 10.3. The second-order valence-corrected chi connectivity index (χ2v) is 2.63. The van der Waals surface area contributed by atoms with E-state index in [4.69, 9.17) is 16.9 Å². The molecule has 13 heavy (non-hydrogen) atoms. The molecule has 0 amide bonds. The van der Waals surface area contributed by atoms with E-state index in [0.29, 0.717) is 0 Å². The van der Waals surface area contributed by atoms with Crippen LogP contribution in [0, 0.1) is 23.0 Å². The molecule has 66 valence electrons. The third-order valence-corrected chi connectivity index (χ3v) is 1.70. The molecule has 0 bridgehead atoms. The molecule has 1 aromatic carbocycles. The molecule has 1 aromatic rings. The molecule has 0 aliphatic carbocycles. The minimum Gasteiger partial charge on any atom is -0.206 e. The van der Waals surface area contributed by atoms with Gasteiger partial charge < -0.3 is 0 Å². The first kappa shape index (κ1) is 9.69. The van der Waals surface area contributed by atoms with Gasteiger partial charge in [-0.1, -0.05) is 11.6 Å². The van der Waals surface area contributed by atoms with Crippen molar-refractivity contribution in [2.75, 3.05) is 0 Å². The molecule has 0 spiro atoms.